The predicted octanol–water partition coefficient (Wildman–Crippen LogP) is 2.78. The Bertz CT molecular complexity index is 696. The molecule has 0 aromatic heterocycles. The van der Waals surface area contributed by atoms with Gasteiger partial charge in [0.25, 0.3) is 5.91 Å². The van der Waals surface area contributed by atoms with Crippen LogP contribution in [0.4, 0.5) is 0 Å². The molecule has 4 heteroatoms. The molecule has 0 unspecified atom stereocenters. The zero-order valence-corrected chi connectivity index (χ0v) is 14.3. The van der Waals surface area contributed by atoms with Gasteiger partial charge in [-0.05, 0) is 43.5 Å². The van der Waals surface area contributed by atoms with E-state index in [1.165, 1.54) is 16.7 Å². The smallest absolute Gasteiger partial charge is 0.251 e. The van der Waals surface area contributed by atoms with Gasteiger partial charge in [0.05, 0.1) is 0 Å². The van der Waals surface area contributed by atoms with Crippen LogP contribution < -0.4 is 10.6 Å². The number of nitrogens with one attached hydrogen (secondary N) is 2. The van der Waals surface area contributed by atoms with Gasteiger partial charge in [0.15, 0.2) is 0 Å². The van der Waals surface area contributed by atoms with E-state index < -0.39 is 0 Å². The maximum Gasteiger partial charge on any atom is 0.251 e. The van der Waals surface area contributed by atoms with Crippen LogP contribution in [0, 0.1) is 13.8 Å². The first-order chi connectivity index (χ1) is 11.6. The highest BCUT2D eigenvalue weighted by atomic mass is 16.2. The lowest BCUT2D eigenvalue weighted by molar-refractivity contribution is -0.121. The van der Waals surface area contributed by atoms with Gasteiger partial charge in [0.1, 0.15) is 0 Å². The fourth-order valence-corrected chi connectivity index (χ4v) is 2.53. The van der Waals surface area contributed by atoms with Crippen molar-refractivity contribution in [2.24, 2.45) is 0 Å². The van der Waals surface area contributed by atoms with Gasteiger partial charge < -0.3 is 10.6 Å². The summed E-state index contributed by atoms with van der Waals surface area (Å²) >= 11 is 0. The Morgan fingerprint density at radius 2 is 1.62 bits per heavy atom. The number of benzene rings is 2. The number of amides is 2. The Labute approximate surface area is 143 Å². The van der Waals surface area contributed by atoms with Crippen LogP contribution in [0.3, 0.4) is 0 Å². The number of hydrogen-bond acceptors (Lipinski definition) is 2. The summed E-state index contributed by atoms with van der Waals surface area (Å²) < 4.78 is 0. The zero-order valence-electron chi connectivity index (χ0n) is 14.3. The molecule has 0 fully saturated rings. The second-order valence-corrected chi connectivity index (χ2v) is 5.90. The molecule has 2 aromatic rings. The Morgan fingerprint density at radius 3 is 2.33 bits per heavy atom. The lowest BCUT2D eigenvalue weighted by Gasteiger charge is -2.09. The van der Waals surface area contributed by atoms with E-state index in [-0.39, 0.29) is 11.8 Å². The van der Waals surface area contributed by atoms with Gasteiger partial charge in [-0.1, -0.05) is 42.0 Å². The van der Waals surface area contributed by atoms with Crippen molar-refractivity contribution in [2.45, 2.75) is 26.7 Å². The van der Waals surface area contributed by atoms with Crippen molar-refractivity contribution in [3.05, 3.63) is 70.8 Å². The fraction of sp³-hybridized carbons (Fsp3) is 0.300. The van der Waals surface area contributed by atoms with Crippen molar-refractivity contribution in [1.29, 1.82) is 0 Å². The third-order valence-electron chi connectivity index (χ3n) is 3.89. The Hall–Kier alpha value is -2.62. The van der Waals surface area contributed by atoms with E-state index in [1.807, 2.05) is 18.2 Å². The summed E-state index contributed by atoms with van der Waals surface area (Å²) in [5.74, 6) is -0.121. The molecule has 0 aliphatic carbocycles. The van der Waals surface area contributed by atoms with Crippen molar-refractivity contribution >= 4 is 11.8 Å². The molecule has 0 heterocycles. The zero-order chi connectivity index (χ0) is 17.4. The van der Waals surface area contributed by atoms with E-state index in [4.69, 9.17) is 0 Å². The molecule has 2 N–H and O–H groups in total. The van der Waals surface area contributed by atoms with E-state index in [2.05, 4.69) is 42.7 Å². The number of carbonyl (C=O) groups is 2. The lowest BCUT2D eigenvalue weighted by atomic mass is 10.0. The van der Waals surface area contributed by atoms with E-state index in [0.717, 1.165) is 6.42 Å². The molecular formula is C20H24N2O2. The van der Waals surface area contributed by atoms with Crippen molar-refractivity contribution in [1.82, 2.24) is 10.6 Å². The van der Waals surface area contributed by atoms with Crippen LogP contribution in [-0.4, -0.2) is 24.9 Å². The fourth-order valence-electron chi connectivity index (χ4n) is 2.53. The predicted molar refractivity (Wildman–Crippen MR) is 96.0 cm³/mol. The highest BCUT2D eigenvalue weighted by Crippen LogP contribution is 2.12. The number of rotatable bonds is 7. The lowest BCUT2D eigenvalue weighted by Crippen LogP contribution is -2.34. The molecule has 2 rings (SSSR count). The SMILES string of the molecule is Cc1ccc(CCC(=O)NCCNC(=O)c2ccccc2)c(C)c1. The highest BCUT2D eigenvalue weighted by molar-refractivity contribution is 5.94. The van der Waals surface area contributed by atoms with Gasteiger partial charge in [0.2, 0.25) is 5.91 Å². The minimum Gasteiger partial charge on any atom is -0.354 e. The first kappa shape index (κ1) is 17.7. The molecule has 126 valence electrons. The molecule has 24 heavy (non-hydrogen) atoms. The number of aryl methyl sites for hydroxylation is 3. The maximum atomic E-state index is 11.9. The van der Waals surface area contributed by atoms with Crippen LogP contribution in [0.15, 0.2) is 48.5 Å². The molecule has 0 spiro atoms. The first-order valence-corrected chi connectivity index (χ1v) is 8.22. The number of hydrogen-bond donors (Lipinski definition) is 2. The summed E-state index contributed by atoms with van der Waals surface area (Å²) in [5, 5.41) is 5.63. The molecule has 0 bridgehead atoms. The van der Waals surface area contributed by atoms with Gasteiger partial charge in [-0.25, -0.2) is 0 Å². The average molecular weight is 324 g/mol. The van der Waals surface area contributed by atoms with Crippen molar-refractivity contribution in [3.63, 3.8) is 0 Å². The van der Waals surface area contributed by atoms with E-state index >= 15 is 0 Å². The first-order valence-electron chi connectivity index (χ1n) is 8.22. The van der Waals surface area contributed by atoms with Crippen LogP contribution in [-0.2, 0) is 11.2 Å². The third-order valence-corrected chi connectivity index (χ3v) is 3.89. The molecule has 4 nitrogen and oxygen atoms in total. The Morgan fingerprint density at radius 1 is 0.917 bits per heavy atom. The molecule has 0 aliphatic rings. The summed E-state index contributed by atoms with van der Waals surface area (Å²) in [4.78, 5) is 23.7. The maximum absolute atomic E-state index is 11.9. The van der Waals surface area contributed by atoms with Gasteiger partial charge in [-0.15, -0.1) is 0 Å². The standard InChI is InChI=1S/C20H24N2O2/c1-15-8-9-17(16(2)14-15)10-11-19(23)21-12-13-22-20(24)18-6-4-3-5-7-18/h3-9,14H,10-13H2,1-2H3,(H,21,23)(H,22,24). The van der Waals surface area contributed by atoms with Crippen molar-refractivity contribution in [3.8, 4) is 0 Å². The highest BCUT2D eigenvalue weighted by Gasteiger charge is 2.06. The van der Waals surface area contributed by atoms with E-state index in [1.54, 1.807) is 12.1 Å². The van der Waals surface area contributed by atoms with Gasteiger partial charge in [-0.3, -0.25) is 9.59 Å². The largest absolute Gasteiger partial charge is 0.354 e. The molecule has 0 aliphatic heterocycles. The van der Waals surface area contributed by atoms with Crippen molar-refractivity contribution < 1.29 is 9.59 Å². The summed E-state index contributed by atoms with van der Waals surface area (Å²) in [6, 6.07) is 15.3. The van der Waals surface area contributed by atoms with Gasteiger partial charge in [0, 0.05) is 25.1 Å². The molecular weight excluding hydrogens is 300 g/mol. The van der Waals surface area contributed by atoms with Gasteiger partial charge >= 0.3 is 0 Å². The molecule has 0 radical (unpaired) electrons. The minimum absolute atomic E-state index is 0.00364. The average Bonchev–Trinajstić information content (AvgIpc) is 2.58. The third kappa shape index (κ3) is 5.54. The van der Waals surface area contributed by atoms with E-state index in [0.29, 0.717) is 25.1 Å². The van der Waals surface area contributed by atoms with Gasteiger partial charge in [-0.2, -0.15) is 0 Å². The van der Waals surface area contributed by atoms with E-state index in [9.17, 15) is 9.59 Å². The van der Waals surface area contributed by atoms with Crippen LogP contribution in [0.25, 0.3) is 0 Å². The topological polar surface area (TPSA) is 58.2 Å². The van der Waals surface area contributed by atoms with Crippen molar-refractivity contribution in [2.75, 3.05) is 13.1 Å². The molecule has 0 saturated carbocycles. The summed E-state index contributed by atoms with van der Waals surface area (Å²) in [6.45, 7) is 4.99. The van der Waals surface area contributed by atoms with Crippen LogP contribution >= 0.6 is 0 Å². The second-order valence-electron chi connectivity index (χ2n) is 5.90. The number of carbonyl (C=O) groups excluding carboxylic acids is 2. The Kier molecular flexibility index (Phi) is 6.55. The minimum atomic E-state index is -0.125. The monoisotopic (exact) mass is 324 g/mol. The second kappa shape index (κ2) is 8.87. The Balaban J connectivity index is 1.65. The summed E-state index contributed by atoms with van der Waals surface area (Å²) in [7, 11) is 0. The molecule has 0 atom stereocenters. The molecule has 2 amide bonds. The van der Waals surface area contributed by atoms with Crippen LogP contribution in [0.5, 0.6) is 0 Å². The van der Waals surface area contributed by atoms with Crippen LogP contribution in [0.1, 0.15) is 33.5 Å². The quantitative estimate of drug-likeness (QED) is 0.770. The summed E-state index contributed by atoms with van der Waals surface area (Å²) in [6.07, 6.45) is 1.19. The van der Waals surface area contributed by atoms with Crippen LogP contribution in [0.2, 0.25) is 0 Å². The molecule has 2 aromatic carbocycles. The normalized spacial score (nSPS) is 10.2. The summed E-state index contributed by atoms with van der Waals surface area (Å²) in [5.41, 5.74) is 4.28. The molecule has 0 saturated heterocycles.